The van der Waals surface area contributed by atoms with E-state index < -0.39 is 0 Å². The zero-order chi connectivity index (χ0) is 13.9. The van der Waals surface area contributed by atoms with Crippen LogP contribution in [0.2, 0.25) is 0 Å². The monoisotopic (exact) mass is 381 g/mol. The summed E-state index contributed by atoms with van der Waals surface area (Å²) < 4.78 is 2.76. The van der Waals surface area contributed by atoms with Gasteiger partial charge >= 0.3 is 0 Å². The van der Waals surface area contributed by atoms with Gasteiger partial charge in [-0.15, -0.1) is 0 Å². The molecule has 0 saturated carbocycles. The molecule has 2 N–H and O–H groups in total. The minimum atomic E-state index is -0.149. The van der Waals surface area contributed by atoms with Gasteiger partial charge in [-0.1, -0.05) is 12.1 Å². The largest absolute Gasteiger partial charge is 0.376 e. The van der Waals surface area contributed by atoms with Crippen molar-refractivity contribution in [2.75, 3.05) is 5.32 Å². The van der Waals surface area contributed by atoms with Crippen LogP contribution in [0.15, 0.2) is 36.9 Å². The van der Waals surface area contributed by atoms with E-state index in [-0.39, 0.29) is 6.73 Å². The molecule has 102 valence electrons. The topological polar surface area (TPSA) is 75.9 Å². The molecule has 2 aromatic heterocycles. The Bertz CT molecular complexity index is 742. The first-order chi connectivity index (χ1) is 9.78. The number of rotatable bonds is 4. The minimum absolute atomic E-state index is 0.149. The summed E-state index contributed by atoms with van der Waals surface area (Å²) in [5.74, 6) is 0.668. The molecule has 6 nitrogen and oxygen atoms in total. The quantitative estimate of drug-likeness (QED) is 0.677. The minimum Gasteiger partial charge on any atom is -0.376 e. The number of hydrogen-bond donors (Lipinski definition) is 2. The van der Waals surface area contributed by atoms with Crippen molar-refractivity contribution >= 4 is 39.6 Å². The van der Waals surface area contributed by atoms with Crippen molar-refractivity contribution in [3.63, 3.8) is 0 Å². The molecule has 0 radical (unpaired) electrons. The second kappa shape index (κ2) is 5.71. The highest BCUT2D eigenvalue weighted by atomic mass is 127. The summed E-state index contributed by atoms with van der Waals surface area (Å²) in [5.41, 5.74) is 2.45. The van der Waals surface area contributed by atoms with E-state index in [4.69, 9.17) is 0 Å². The van der Waals surface area contributed by atoms with Gasteiger partial charge in [-0.25, -0.2) is 15.0 Å². The SMILES string of the molecule is OCn1cnc2c(NCc3cccc(I)c3)ncnc21. The standard InChI is InChI=1S/C13H12IN5O/c14-10-3-1-2-9(4-10)5-15-12-11-13(17-6-16-12)19(8-20)7-18-11/h1-4,6-7,20H,5,8H2,(H,15,16,17). The van der Waals surface area contributed by atoms with Crippen molar-refractivity contribution in [3.05, 3.63) is 46.1 Å². The normalized spacial score (nSPS) is 10.9. The zero-order valence-electron chi connectivity index (χ0n) is 10.5. The van der Waals surface area contributed by atoms with E-state index in [1.54, 1.807) is 10.9 Å². The van der Waals surface area contributed by atoms with Crippen molar-refractivity contribution < 1.29 is 5.11 Å². The Labute approximate surface area is 129 Å². The van der Waals surface area contributed by atoms with Gasteiger partial charge in [-0.05, 0) is 40.3 Å². The van der Waals surface area contributed by atoms with Gasteiger partial charge in [0.2, 0.25) is 0 Å². The number of halogens is 1. The lowest BCUT2D eigenvalue weighted by atomic mass is 10.2. The van der Waals surface area contributed by atoms with Gasteiger partial charge in [-0.3, -0.25) is 4.57 Å². The lowest BCUT2D eigenvalue weighted by molar-refractivity contribution is 0.214. The molecule has 0 spiro atoms. The number of aromatic nitrogens is 4. The fourth-order valence-electron chi connectivity index (χ4n) is 1.95. The highest BCUT2D eigenvalue weighted by Crippen LogP contribution is 2.18. The van der Waals surface area contributed by atoms with E-state index in [9.17, 15) is 5.11 Å². The first-order valence-electron chi connectivity index (χ1n) is 6.03. The van der Waals surface area contributed by atoms with E-state index in [0.29, 0.717) is 23.5 Å². The molecule has 0 amide bonds. The number of aliphatic hydroxyl groups is 1. The molecule has 1 aromatic carbocycles. The zero-order valence-corrected chi connectivity index (χ0v) is 12.6. The van der Waals surface area contributed by atoms with Crippen molar-refractivity contribution in [2.45, 2.75) is 13.3 Å². The molecule has 7 heteroatoms. The molecule has 0 bridgehead atoms. The first-order valence-corrected chi connectivity index (χ1v) is 7.11. The predicted molar refractivity (Wildman–Crippen MR) is 84.0 cm³/mol. The van der Waals surface area contributed by atoms with Crippen LogP contribution >= 0.6 is 22.6 Å². The Hall–Kier alpha value is -1.74. The van der Waals surface area contributed by atoms with Crippen molar-refractivity contribution in [1.29, 1.82) is 0 Å². The number of hydrogen-bond acceptors (Lipinski definition) is 5. The summed E-state index contributed by atoms with van der Waals surface area (Å²) in [7, 11) is 0. The number of nitrogens with zero attached hydrogens (tertiary/aromatic N) is 4. The van der Waals surface area contributed by atoms with Crippen LogP contribution in [-0.4, -0.2) is 24.6 Å². The Kier molecular flexibility index (Phi) is 3.79. The third-order valence-electron chi connectivity index (χ3n) is 2.90. The van der Waals surface area contributed by atoms with E-state index in [2.05, 4.69) is 61.1 Å². The number of imidazole rings is 1. The van der Waals surface area contributed by atoms with Crippen molar-refractivity contribution in [3.8, 4) is 0 Å². The highest BCUT2D eigenvalue weighted by Gasteiger charge is 2.09. The van der Waals surface area contributed by atoms with Crippen LogP contribution in [0.25, 0.3) is 11.2 Å². The molecular formula is C13H12IN5O. The Morgan fingerprint density at radius 3 is 2.95 bits per heavy atom. The van der Waals surface area contributed by atoms with Crippen LogP contribution in [0.4, 0.5) is 5.82 Å². The molecule has 0 unspecified atom stereocenters. The summed E-state index contributed by atoms with van der Waals surface area (Å²) >= 11 is 2.29. The van der Waals surface area contributed by atoms with Gasteiger partial charge in [0.25, 0.3) is 0 Å². The van der Waals surface area contributed by atoms with Gasteiger partial charge < -0.3 is 10.4 Å². The summed E-state index contributed by atoms with van der Waals surface area (Å²) in [6.45, 7) is 0.513. The van der Waals surface area contributed by atoms with Crippen molar-refractivity contribution in [2.24, 2.45) is 0 Å². The van der Waals surface area contributed by atoms with E-state index >= 15 is 0 Å². The number of aliphatic hydroxyl groups excluding tert-OH is 1. The molecule has 3 aromatic rings. The van der Waals surface area contributed by atoms with E-state index in [0.717, 1.165) is 0 Å². The summed E-state index contributed by atoms with van der Waals surface area (Å²) in [6.07, 6.45) is 3.02. The number of fused-ring (bicyclic) bond motifs is 1. The molecule has 20 heavy (non-hydrogen) atoms. The van der Waals surface area contributed by atoms with Crippen LogP contribution in [-0.2, 0) is 13.3 Å². The van der Waals surface area contributed by atoms with Crippen molar-refractivity contribution in [1.82, 2.24) is 19.5 Å². The first kappa shape index (κ1) is 13.3. The Morgan fingerprint density at radius 1 is 1.25 bits per heavy atom. The van der Waals surface area contributed by atoms with Crippen LogP contribution in [0, 0.1) is 3.57 Å². The van der Waals surface area contributed by atoms with Crippen LogP contribution in [0.1, 0.15) is 5.56 Å². The lowest BCUT2D eigenvalue weighted by Gasteiger charge is -2.06. The maximum atomic E-state index is 9.20. The Balaban J connectivity index is 1.86. The maximum absolute atomic E-state index is 9.20. The fourth-order valence-corrected chi connectivity index (χ4v) is 2.55. The number of benzene rings is 1. The molecule has 3 rings (SSSR count). The number of nitrogens with one attached hydrogen (secondary N) is 1. The summed E-state index contributed by atoms with van der Waals surface area (Å²) in [4.78, 5) is 12.6. The average molecular weight is 381 g/mol. The van der Waals surface area contributed by atoms with Gasteiger partial charge in [0.15, 0.2) is 17.0 Å². The highest BCUT2D eigenvalue weighted by molar-refractivity contribution is 14.1. The molecular weight excluding hydrogens is 369 g/mol. The Morgan fingerprint density at radius 2 is 2.15 bits per heavy atom. The fraction of sp³-hybridized carbons (Fsp3) is 0.154. The molecule has 0 atom stereocenters. The lowest BCUT2D eigenvalue weighted by Crippen LogP contribution is -2.03. The second-order valence-corrected chi connectivity index (χ2v) is 5.48. The molecule has 0 saturated heterocycles. The van der Waals surface area contributed by atoms with Crippen LogP contribution in [0.3, 0.4) is 0 Å². The molecule has 0 fully saturated rings. The van der Waals surface area contributed by atoms with Gasteiger partial charge in [0.05, 0.1) is 6.33 Å². The van der Waals surface area contributed by atoms with Crippen LogP contribution < -0.4 is 5.32 Å². The van der Waals surface area contributed by atoms with E-state index in [1.807, 2.05) is 6.07 Å². The third kappa shape index (κ3) is 2.59. The van der Waals surface area contributed by atoms with Crippen LogP contribution in [0.5, 0.6) is 0 Å². The van der Waals surface area contributed by atoms with Gasteiger partial charge in [0, 0.05) is 10.1 Å². The molecule has 0 aliphatic rings. The summed E-state index contributed by atoms with van der Waals surface area (Å²) in [6, 6.07) is 8.24. The molecule has 0 aliphatic heterocycles. The molecule has 0 aliphatic carbocycles. The third-order valence-corrected chi connectivity index (χ3v) is 3.57. The van der Waals surface area contributed by atoms with E-state index in [1.165, 1.54) is 15.5 Å². The average Bonchev–Trinajstić information content (AvgIpc) is 2.89. The molecule has 2 heterocycles. The smallest absolute Gasteiger partial charge is 0.167 e. The van der Waals surface area contributed by atoms with Gasteiger partial charge in [-0.2, -0.15) is 0 Å². The van der Waals surface area contributed by atoms with Gasteiger partial charge in [0.1, 0.15) is 13.1 Å². The summed E-state index contributed by atoms with van der Waals surface area (Å²) in [5, 5.41) is 12.5. The maximum Gasteiger partial charge on any atom is 0.167 e. The predicted octanol–water partition coefficient (Wildman–Crippen LogP) is 1.99. The second-order valence-electron chi connectivity index (χ2n) is 4.23. The number of anilines is 1.